The van der Waals surface area contributed by atoms with Gasteiger partial charge in [0.15, 0.2) is 0 Å². The van der Waals surface area contributed by atoms with Crippen molar-refractivity contribution in [2.45, 2.75) is 31.2 Å². The molecule has 2 aromatic carbocycles. The molecular formula is C22H17F3N4O2. The number of halogens is 3. The lowest BCUT2D eigenvalue weighted by Gasteiger charge is -2.27. The quantitative estimate of drug-likeness (QED) is 0.693. The van der Waals surface area contributed by atoms with E-state index in [1.54, 1.807) is 0 Å². The van der Waals surface area contributed by atoms with E-state index in [0.717, 1.165) is 22.3 Å². The minimum atomic E-state index is -4.76. The van der Waals surface area contributed by atoms with Gasteiger partial charge in [-0.15, -0.1) is 0 Å². The van der Waals surface area contributed by atoms with Crippen LogP contribution in [-0.2, 0) is 12.7 Å². The van der Waals surface area contributed by atoms with Gasteiger partial charge in [0, 0.05) is 13.1 Å². The van der Waals surface area contributed by atoms with Crippen LogP contribution in [0.15, 0.2) is 53.3 Å². The molecule has 1 N–H and O–H groups in total. The molecule has 0 unspecified atom stereocenters. The van der Waals surface area contributed by atoms with E-state index in [-0.39, 0.29) is 23.7 Å². The van der Waals surface area contributed by atoms with Gasteiger partial charge >= 0.3 is 11.9 Å². The van der Waals surface area contributed by atoms with Crippen molar-refractivity contribution in [3.8, 4) is 17.6 Å². The summed E-state index contributed by atoms with van der Waals surface area (Å²) in [7, 11) is 0. The summed E-state index contributed by atoms with van der Waals surface area (Å²) >= 11 is 0. The maximum atomic E-state index is 13.4. The molecule has 2 atom stereocenters. The molecule has 1 saturated heterocycles. The molecule has 0 aliphatic carbocycles. The molecule has 9 heteroatoms. The van der Waals surface area contributed by atoms with Gasteiger partial charge in [-0.05, 0) is 30.2 Å². The van der Waals surface area contributed by atoms with Gasteiger partial charge in [-0.2, -0.15) is 18.4 Å². The third-order valence-corrected chi connectivity index (χ3v) is 6.08. The molecule has 0 saturated carbocycles. The smallest absolute Gasteiger partial charge is 0.417 e. The van der Waals surface area contributed by atoms with E-state index in [9.17, 15) is 23.1 Å². The fraction of sp³-hybridized carbons (Fsp3) is 0.273. The Labute approximate surface area is 175 Å². The second-order valence-electron chi connectivity index (χ2n) is 7.86. The molecule has 0 amide bonds. The molecule has 0 radical (unpaired) electrons. The van der Waals surface area contributed by atoms with Crippen LogP contribution in [0, 0.1) is 11.3 Å². The van der Waals surface area contributed by atoms with E-state index in [1.807, 2.05) is 30.3 Å². The Morgan fingerprint density at radius 3 is 2.58 bits per heavy atom. The minimum Gasteiger partial charge on any atom is -0.493 e. The van der Waals surface area contributed by atoms with Crippen LogP contribution in [0.4, 0.5) is 13.2 Å². The molecule has 31 heavy (non-hydrogen) atoms. The molecule has 1 fully saturated rings. The van der Waals surface area contributed by atoms with E-state index >= 15 is 0 Å². The maximum Gasteiger partial charge on any atom is 0.417 e. The van der Waals surface area contributed by atoms with Gasteiger partial charge in [0.05, 0.1) is 35.0 Å². The normalized spacial score (nSPS) is 20.1. The molecule has 3 heterocycles. The predicted molar refractivity (Wildman–Crippen MR) is 105 cm³/mol. The van der Waals surface area contributed by atoms with Crippen molar-refractivity contribution >= 4 is 0 Å². The van der Waals surface area contributed by atoms with Crippen LogP contribution >= 0.6 is 0 Å². The van der Waals surface area contributed by atoms with E-state index in [0.29, 0.717) is 25.2 Å². The van der Waals surface area contributed by atoms with Crippen molar-refractivity contribution in [2.75, 3.05) is 6.54 Å². The van der Waals surface area contributed by atoms with Crippen molar-refractivity contribution in [2.24, 2.45) is 0 Å². The number of fused-ring (bicyclic) bond motifs is 5. The number of alkyl halides is 3. The summed E-state index contributed by atoms with van der Waals surface area (Å²) in [5.74, 6) is -0.354. The topological polar surface area (TPSA) is 74.2 Å². The molecule has 2 bridgehead atoms. The highest BCUT2D eigenvalue weighted by molar-refractivity contribution is 5.50. The van der Waals surface area contributed by atoms with Gasteiger partial charge in [-0.3, -0.25) is 9.47 Å². The summed E-state index contributed by atoms with van der Waals surface area (Å²) in [6.07, 6.45) is -4.08. The third kappa shape index (κ3) is 2.94. The summed E-state index contributed by atoms with van der Waals surface area (Å²) in [6.45, 7) is 1.27. The van der Waals surface area contributed by atoms with Crippen molar-refractivity contribution in [1.82, 2.24) is 14.0 Å². The second-order valence-corrected chi connectivity index (χ2v) is 7.86. The van der Waals surface area contributed by atoms with Crippen LogP contribution in [0.2, 0.25) is 0 Å². The molecule has 6 nitrogen and oxygen atoms in total. The molecule has 0 spiro atoms. The van der Waals surface area contributed by atoms with Gasteiger partial charge in [0.1, 0.15) is 5.69 Å². The molecule has 158 valence electrons. The number of likely N-dealkylation sites (tertiary alicyclic amines) is 1. The Kier molecular flexibility index (Phi) is 4.24. The summed E-state index contributed by atoms with van der Waals surface area (Å²) in [6, 6.07) is 14.0. The van der Waals surface area contributed by atoms with E-state index in [4.69, 9.17) is 5.26 Å². The van der Waals surface area contributed by atoms with E-state index in [2.05, 4.69) is 4.90 Å². The van der Waals surface area contributed by atoms with Gasteiger partial charge in [0.2, 0.25) is 5.88 Å². The minimum absolute atomic E-state index is 0.121. The number of aromatic nitrogens is 2. The molecule has 2 aliphatic rings. The SMILES string of the molecule is N#Cc1ccc(-n2c(O)c3n(c2=O)[C@@H]2C[C@H]3N(Cc3ccccc3)C2)cc1C(F)(F)F. The Bertz CT molecular complexity index is 1270. The fourth-order valence-electron chi connectivity index (χ4n) is 4.77. The zero-order valence-corrected chi connectivity index (χ0v) is 16.2. The lowest BCUT2D eigenvalue weighted by molar-refractivity contribution is -0.137. The number of aromatic hydroxyl groups is 1. The highest BCUT2D eigenvalue weighted by atomic mass is 19.4. The monoisotopic (exact) mass is 426 g/mol. The first-order valence-electron chi connectivity index (χ1n) is 9.75. The molecule has 2 aliphatic heterocycles. The van der Waals surface area contributed by atoms with Crippen molar-refractivity contribution in [3.63, 3.8) is 0 Å². The first-order valence-corrected chi connectivity index (χ1v) is 9.75. The van der Waals surface area contributed by atoms with Crippen molar-refractivity contribution < 1.29 is 18.3 Å². The first kappa shape index (κ1) is 19.5. The van der Waals surface area contributed by atoms with Crippen LogP contribution < -0.4 is 5.69 Å². The van der Waals surface area contributed by atoms with E-state index in [1.165, 1.54) is 16.7 Å². The van der Waals surface area contributed by atoms with Crippen LogP contribution in [0.3, 0.4) is 0 Å². The Balaban J connectivity index is 1.57. The number of hydrogen-bond acceptors (Lipinski definition) is 4. The summed E-state index contributed by atoms with van der Waals surface area (Å²) in [5.41, 5.74) is -0.842. The van der Waals surface area contributed by atoms with Gasteiger partial charge in [-0.25, -0.2) is 9.36 Å². The highest BCUT2D eigenvalue weighted by Gasteiger charge is 2.47. The first-order chi connectivity index (χ1) is 14.8. The van der Waals surface area contributed by atoms with Gasteiger partial charge in [-0.1, -0.05) is 30.3 Å². The van der Waals surface area contributed by atoms with Gasteiger partial charge < -0.3 is 5.11 Å². The van der Waals surface area contributed by atoms with Crippen LogP contribution in [0.5, 0.6) is 5.88 Å². The lowest BCUT2D eigenvalue weighted by Crippen LogP contribution is -2.34. The van der Waals surface area contributed by atoms with Crippen LogP contribution in [0.25, 0.3) is 5.69 Å². The third-order valence-electron chi connectivity index (χ3n) is 6.08. The Morgan fingerprint density at radius 2 is 1.90 bits per heavy atom. The van der Waals surface area contributed by atoms with Crippen LogP contribution in [0.1, 0.15) is 40.9 Å². The molecule has 1 aromatic heterocycles. The number of nitrogens with zero attached hydrogens (tertiary/aromatic N) is 4. The zero-order chi connectivity index (χ0) is 21.9. The maximum absolute atomic E-state index is 13.4. The van der Waals surface area contributed by atoms with E-state index < -0.39 is 23.0 Å². The lowest BCUT2D eigenvalue weighted by atomic mass is 10.1. The van der Waals surface area contributed by atoms with Gasteiger partial charge in [0.25, 0.3) is 0 Å². The standard InChI is InChI=1S/C22H17F3N4O2/c23-22(24,25)17-8-15(7-6-14(17)10-26)29-20(30)19-18-9-16(28(19)21(29)31)12-27(18)11-13-4-2-1-3-5-13/h1-8,16,18,30H,9,11-12H2/t16-,18-/m1/s1. The molecule has 5 rings (SSSR count). The van der Waals surface area contributed by atoms with Crippen molar-refractivity contribution in [3.05, 3.63) is 81.4 Å². The number of imidazole rings is 1. The molecule has 3 aromatic rings. The zero-order valence-electron chi connectivity index (χ0n) is 16.2. The average Bonchev–Trinajstić information content (AvgIpc) is 3.39. The predicted octanol–water partition coefficient (Wildman–Crippen LogP) is 3.74. The number of rotatable bonds is 3. The largest absolute Gasteiger partial charge is 0.493 e. The summed E-state index contributed by atoms with van der Waals surface area (Å²) in [4.78, 5) is 15.2. The molecular weight excluding hydrogens is 409 g/mol. The highest BCUT2D eigenvalue weighted by Crippen LogP contribution is 2.49. The fourth-order valence-corrected chi connectivity index (χ4v) is 4.77. The second kappa shape index (κ2) is 6.75. The average molecular weight is 426 g/mol. The Morgan fingerprint density at radius 1 is 1.16 bits per heavy atom. The summed E-state index contributed by atoms with van der Waals surface area (Å²) < 4.78 is 42.5. The summed E-state index contributed by atoms with van der Waals surface area (Å²) in [5, 5.41) is 19.9. The van der Waals surface area contributed by atoms with Crippen LogP contribution in [-0.4, -0.2) is 25.7 Å². The van der Waals surface area contributed by atoms with Crippen molar-refractivity contribution in [1.29, 1.82) is 5.26 Å². The number of hydrogen-bond donors (Lipinski definition) is 1. The Hall–Kier alpha value is -3.51. The number of nitriles is 1. The number of benzene rings is 2.